The van der Waals surface area contributed by atoms with E-state index >= 15 is 0 Å². The molecule has 1 aliphatic heterocycles. The molecular weight excluding hydrogens is 400 g/mol. The molecule has 1 unspecified atom stereocenters. The molecule has 0 saturated carbocycles. The van der Waals surface area contributed by atoms with Crippen molar-refractivity contribution in [2.24, 2.45) is 0 Å². The van der Waals surface area contributed by atoms with Crippen LogP contribution in [0.25, 0.3) is 5.76 Å². The highest BCUT2D eigenvalue weighted by atomic mass is 35.5. The summed E-state index contributed by atoms with van der Waals surface area (Å²) in [5.74, 6) is -1.43. The molecule has 1 aliphatic rings. The second kappa shape index (κ2) is 9.45. The monoisotopic (exact) mass is 426 g/mol. The molecule has 2 aromatic rings. The molecule has 1 fully saturated rings. The second-order valence-electron chi connectivity index (χ2n) is 7.44. The Hall–Kier alpha value is -2.63. The molecule has 0 aromatic heterocycles. The maximum atomic E-state index is 13.0. The smallest absolute Gasteiger partial charge is 0.295 e. The number of likely N-dealkylation sites (N-methyl/N-ethyl adjacent to an activating group) is 1. The number of rotatable bonds is 7. The Labute approximate surface area is 182 Å². The van der Waals surface area contributed by atoms with E-state index in [4.69, 9.17) is 11.6 Å². The van der Waals surface area contributed by atoms with Crippen LogP contribution >= 0.6 is 11.6 Å². The summed E-state index contributed by atoms with van der Waals surface area (Å²) in [6.45, 7) is 8.79. The third kappa shape index (κ3) is 4.42. The molecule has 158 valence electrons. The summed E-state index contributed by atoms with van der Waals surface area (Å²) >= 11 is 6.20. The summed E-state index contributed by atoms with van der Waals surface area (Å²) in [7, 11) is 0. The van der Waals surface area contributed by atoms with Crippen LogP contribution in [-0.2, 0) is 9.59 Å². The number of carbonyl (C=O) groups is 2. The van der Waals surface area contributed by atoms with Gasteiger partial charge in [0.05, 0.1) is 11.6 Å². The number of likely N-dealkylation sites (tertiary alicyclic amines) is 1. The molecule has 0 radical (unpaired) electrons. The van der Waals surface area contributed by atoms with Gasteiger partial charge in [-0.05, 0) is 37.7 Å². The van der Waals surface area contributed by atoms with Gasteiger partial charge < -0.3 is 14.9 Å². The summed E-state index contributed by atoms with van der Waals surface area (Å²) in [6.07, 6.45) is 0. The number of aliphatic hydroxyl groups excluding tert-OH is 1. The van der Waals surface area contributed by atoms with E-state index in [-0.39, 0.29) is 11.3 Å². The molecule has 1 N–H and O–H groups in total. The number of halogens is 1. The van der Waals surface area contributed by atoms with Crippen molar-refractivity contribution in [3.8, 4) is 0 Å². The van der Waals surface area contributed by atoms with Crippen LogP contribution in [0.1, 0.15) is 36.6 Å². The largest absolute Gasteiger partial charge is 0.507 e. The molecule has 1 saturated heterocycles. The molecule has 1 atom stereocenters. The van der Waals surface area contributed by atoms with Crippen molar-refractivity contribution < 1.29 is 14.7 Å². The predicted octanol–water partition coefficient (Wildman–Crippen LogP) is 4.41. The Bertz CT molecular complexity index is 965. The number of aryl methyl sites for hydroxylation is 1. The molecule has 6 heteroatoms. The van der Waals surface area contributed by atoms with Crippen molar-refractivity contribution in [2.75, 3.05) is 26.2 Å². The Morgan fingerprint density at radius 3 is 2.37 bits per heavy atom. The molecule has 1 amide bonds. The van der Waals surface area contributed by atoms with Crippen molar-refractivity contribution in [1.29, 1.82) is 0 Å². The molecule has 5 nitrogen and oxygen atoms in total. The van der Waals surface area contributed by atoms with Crippen LogP contribution in [0.2, 0.25) is 5.02 Å². The number of hydrogen-bond donors (Lipinski definition) is 1. The maximum Gasteiger partial charge on any atom is 0.295 e. The summed E-state index contributed by atoms with van der Waals surface area (Å²) in [5.41, 5.74) is 2.35. The molecule has 0 spiro atoms. The number of nitrogens with zero attached hydrogens (tertiary/aromatic N) is 2. The van der Waals surface area contributed by atoms with Crippen LogP contribution in [0.5, 0.6) is 0 Å². The lowest BCUT2D eigenvalue weighted by atomic mass is 9.95. The van der Waals surface area contributed by atoms with E-state index in [1.165, 1.54) is 0 Å². The first-order valence-corrected chi connectivity index (χ1v) is 10.6. The number of ketones is 1. The zero-order chi connectivity index (χ0) is 21.8. The molecule has 3 rings (SSSR count). The predicted molar refractivity (Wildman–Crippen MR) is 119 cm³/mol. The lowest BCUT2D eigenvalue weighted by molar-refractivity contribution is -0.140. The highest BCUT2D eigenvalue weighted by Crippen LogP contribution is 2.39. The van der Waals surface area contributed by atoms with Gasteiger partial charge in [0.2, 0.25) is 0 Å². The van der Waals surface area contributed by atoms with Crippen LogP contribution in [0.4, 0.5) is 0 Å². The molecule has 1 heterocycles. The van der Waals surface area contributed by atoms with Crippen LogP contribution in [0, 0.1) is 6.92 Å². The Kier molecular flexibility index (Phi) is 6.95. The first-order valence-electron chi connectivity index (χ1n) is 10.2. The van der Waals surface area contributed by atoms with Crippen molar-refractivity contribution in [2.45, 2.75) is 26.8 Å². The Morgan fingerprint density at radius 2 is 1.77 bits per heavy atom. The Balaban J connectivity index is 2.09. The minimum absolute atomic E-state index is 0.102. The van der Waals surface area contributed by atoms with Gasteiger partial charge >= 0.3 is 0 Å². The number of amides is 1. The first-order chi connectivity index (χ1) is 14.4. The van der Waals surface area contributed by atoms with E-state index in [2.05, 4.69) is 18.7 Å². The van der Waals surface area contributed by atoms with Gasteiger partial charge in [0.25, 0.3) is 11.7 Å². The van der Waals surface area contributed by atoms with Crippen LogP contribution < -0.4 is 0 Å². The number of aliphatic hydroxyl groups is 1. The van der Waals surface area contributed by atoms with Crippen molar-refractivity contribution in [1.82, 2.24) is 9.80 Å². The highest BCUT2D eigenvalue weighted by molar-refractivity contribution is 6.46. The Morgan fingerprint density at radius 1 is 1.10 bits per heavy atom. The minimum Gasteiger partial charge on any atom is -0.507 e. The van der Waals surface area contributed by atoms with Crippen LogP contribution in [-0.4, -0.2) is 52.8 Å². The van der Waals surface area contributed by atoms with E-state index in [9.17, 15) is 14.7 Å². The quantitative estimate of drug-likeness (QED) is 0.404. The zero-order valence-electron chi connectivity index (χ0n) is 17.6. The topological polar surface area (TPSA) is 60.9 Å². The van der Waals surface area contributed by atoms with Crippen molar-refractivity contribution in [3.63, 3.8) is 0 Å². The molecule has 0 bridgehead atoms. The lowest BCUT2D eigenvalue weighted by Gasteiger charge is -2.28. The van der Waals surface area contributed by atoms with E-state index < -0.39 is 17.7 Å². The van der Waals surface area contributed by atoms with E-state index in [1.807, 2.05) is 25.1 Å². The van der Waals surface area contributed by atoms with E-state index in [1.54, 1.807) is 35.2 Å². The van der Waals surface area contributed by atoms with Gasteiger partial charge in [0.15, 0.2) is 0 Å². The van der Waals surface area contributed by atoms with Crippen molar-refractivity contribution in [3.05, 3.63) is 75.8 Å². The summed E-state index contributed by atoms with van der Waals surface area (Å²) < 4.78 is 0. The average Bonchev–Trinajstić information content (AvgIpc) is 2.99. The average molecular weight is 427 g/mol. The molecule has 0 aliphatic carbocycles. The lowest BCUT2D eigenvalue weighted by Crippen LogP contribution is -2.38. The van der Waals surface area contributed by atoms with E-state index in [0.717, 1.165) is 18.7 Å². The van der Waals surface area contributed by atoms with Crippen LogP contribution in [0.15, 0.2) is 54.1 Å². The fourth-order valence-corrected chi connectivity index (χ4v) is 3.99. The van der Waals surface area contributed by atoms with Gasteiger partial charge in [-0.15, -0.1) is 0 Å². The molecule has 30 heavy (non-hydrogen) atoms. The number of hydrogen-bond acceptors (Lipinski definition) is 4. The SMILES string of the molecule is CCN(CC)CCN1C(=O)C(=O)/C(=C(/O)c2ccc(C)cc2)C1c1cccc(Cl)c1. The second-order valence-corrected chi connectivity index (χ2v) is 7.88. The number of carbonyl (C=O) groups excluding carboxylic acids is 2. The fourth-order valence-electron chi connectivity index (χ4n) is 3.79. The first kappa shape index (κ1) is 22.1. The third-order valence-corrected chi connectivity index (χ3v) is 5.82. The van der Waals surface area contributed by atoms with Gasteiger partial charge in [-0.3, -0.25) is 9.59 Å². The van der Waals surface area contributed by atoms with Gasteiger partial charge in [-0.25, -0.2) is 0 Å². The maximum absolute atomic E-state index is 13.0. The highest BCUT2D eigenvalue weighted by Gasteiger charge is 2.46. The van der Waals surface area contributed by atoms with Gasteiger partial charge in [0, 0.05) is 23.7 Å². The summed E-state index contributed by atoms with van der Waals surface area (Å²) in [6, 6.07) is 13.6. The number of Topliss-reactive ketones (excluding diaryl/α,β-unsaturated/α-hetero) is 1. The normalized spacial score (nSPS) is 18.4. The van der Waals surface area contributed by atoms with E-state index in [0.29, 0.717) is 29.2 Å². The zero-order valence-corrected chi connectivity index (χ0v) is 18.3. The van der Waals surface area contributed by atoms with Gasteiger partial charge in [0.1, 0.15) is 5.76 Å². The fraction of sp³-hybridized carbons (Fsp3) is 0.333. The molecular formula is C24H27ClN2O3. The number of benzene rings is 2. The standard InChI is InChI=1S/C24H27ClN2O3/c1-4-26(5-2)13-14-27-21(18-7-6-8-19(25)15-18)20(23(29)24(27)30)22(28)17-11-9-16(3)10-12-17/h6-12,15,21,28H,4-5,13-14H2,1-3H3/b22-20+. The third-order valence-electron chi connectivity index (χ3n) is 5.58. The van der Waals surface area contributed by atoms with Gasteiger partial charge in [-0.1, -0.05) is 67.4 Å². The summed E-state index contributed by atoms with van der Waals surface area (Å²) in [5, 5.41) is 11.5. The minimum atomic E-state index is -0.680. The molecule has 2 aromatic carbocycles. The summed E-state index contributed by atoms with van der Waals surface area (Å²) in [4.78, 5) is 29.7. The van der Waals surface area contributed by atoms with Crippen molar-refractivity contribution >= 4 is 29.1 Å². The van der Waals surface area contributed by atoms with Gasteiger partial charge in [-0.2, -0.15) is 0 Å². The van der Waals surface area contributed by atoms with Crippen LogP contribution in [0.3, 0.4) is 0 Å².